The minimum Gasteiger partial charge on any atom is -0.367 e. The lowest BCUT2D eigenvalue weighted by Crippen LogP contribution is -2.16. The highest BCUT2D eigenvalue weighted by Gasteiger charge is 2.65. The number of rotatable bonds is 5. The van der Waals surface area contributed by atoms with E-state index in [1.165, 1.54) is 19.3 Å². The van der Waals surface area contributed by atoms with E-state index in [0.29, 0.717) is 11.9 Å². The molecule has 4 unspecified atom stereocenters. The number of nitrogens with two attached hydrogens (primary N) is 1. The Kier molecular flexibility index (Phi) is 2.84. The standard InChI is InChI=1S/C15H23N5/c1-2-3-10-17-11(7-12(18-10)20-16)19-15-13-8-4-5-9(6-8)14(13)15/h7-9,13-15H,2-6,16H2,1H3,(H2,17,18,19,20). The lowest BCUT2D eigenvalue weighted by atomic mass is 10.0. The molecule has 5 heteroatoms. The first-order valence-corrected chi connectivity index (χ1v) is 7.91. The maximum absolute atomic E-state index is 5.51. The van der Waals surface area contributed by atoms with Gasteiger partial charge in [-0.25, -0.2) is 15.8 Å². The quantitative estimate of drug-likeness (QED) is 0.566. The van der Waals surface area contributed by atoms with Gasteiger partial charge in [0, 0.05) is 18.5 Å². The van der Waals surface area contributed by atoms with Crippen LogP contribution < -0.4 is 16.6 Å². The Morgan fingerprint density at radius 1 is 1.20 bits per heavy atom. The van der Waals surface area contributed by atoms with E-state index in [9.17, 15) is 0 Å². The molecule has 1 aromatic heterocycles. The van der Waals surface area contributed by atoms with Crippen LogP contribution in [0, 0.1) is 23.7 Å². The number of aryl methyl sites for hydroxylation is 1. The Morgan fingerprint density at radius 2 is 1.90 bits per heavy atom. The highest BCUT2D eigenvalue weighted by Crippen LogP contribution is 2.66. The fourth-order valence-electron chi connectivity index (χ4n) is 4.67. The van der Waals surface area contributed by atoms with Crippen molar-refractivity contribution < 1.29 is 0 Å². The molecule has 3 fully saturated rings. The van der Waals surface area contributed by atoms with Crippen LogP contribution in [0.5, 0.6) is 0 Å². The van der Waals surface area contributed by atoms with Crippen LogP contribution in [0.15, 0.2) is 6.07 Å². The fraction of sp³-hybridized carbons (Fsp3) is 0.733. The maximum atomic E-state index is 5.51. The van der Waals surface area contributed by atoms with Gasteiger partial charge in [0.25, 0.3) is 0 Å². The number of anilines is 2. The molecule has 1 heterocycles. The minimum absolute atomic E-state index is 0.649. The van der Waals surface area contributed by atoms with E-state index in [1.54, 1.807) is 0 Å². The van der Waals surface area contributed by atoms with E-state index < -0.39 is 0 Å². The normalized spacial score (nSPS) is 36.8. The van der Waals surface area contributed by atoms with Crippen LogP contribution in [0.1, 0.15) is 38.4 Å². The molecule has 4 N–H and O–H groups in total. The van der Waals surface area contributed by atoms with Crippen LogP contribution in [-0.2, 0) is 6.42 Å². The van der Waals surface area contributed by atoms with Crippen molar-refractivity contribution in [1.82, 2.24) is 9.97 Å². The summed E-state index contributed by atoms with van der Waals surface area (Å²) in [6.45, 7) is 2.14. The molecule has 2 bridgehead atoms. The zero-order valence-corrected chi connectivity index (χ0v) is 12.0. The largest absolute Gasteiger partial charge is 0.367 e. The minimum atomic E-state index is 0.649. The SMILES string of the molecule is CCCc1nc(NN)cc(NC2C3C4CCC(C4)C23)n1. The summed E-state index contributed by atoms with van der Waals surface area (Å²) >= 11 is 0. The Balaban J connectivity index is 1.50. The van der Waals surface area contributed by atoms with Gasteiger partial charge in [-0.15, -0.1) is 0 Å². The molecular formula is C15H23N5. The van der Waals surface area contributed by atoms with E-state index >= 15 is 0 Å². The first-order chi connectivity index (χ1) is 9.80. The number of nitrogens with zero attached hydrogens (tertiary/aromatic N) is 2. The number of fused-ring (bicyclic) bond motifs is 5. The molecule has 1 aromatic rings. The zero-order chi connectivity index (χ0) is 13.7. The molecule has 0 radical (unpaired) electrons. The summed E-state index contributed by atoms with van der Waals surface area (Å²) in [5, 5.41) is 3.65. The van der Waals surface area contributed by atoms with Crippen molar-refractivity contribution in [3.8, 4) is 0 Å². The number of hydrazine groups is 1. The zero-order valence-electron chi connectivity index (χ0n) is 12.0. The fourth-order valence-corrected chi connectivity index (χ4v) is 4.67. The topological polar surface area (TPSA) is 75.9 Å². The summed E-state index contributed by atoms with van der Waals surface area (Å²) in [6, 6.07) is 2.58. The predicted octanol–water partition coefficient (Wildman–Crippen LogP) is 2.17. The Bertz CT molecular complexity index is 501. The van der Waals surface area contributed by atoms with Crippen LogP contribution in [0.4, 0.5) is 11.6 Å². The first kappa shape index (κ1) is 12.4. The summed E-state index contributed by atoms with van der Waals surface area (Å²) in [6.07, 6.45) is 6.32. The second kappa shape index (κ2) is 4.58. The average molecular weight is 273 g/mol. The van der Waals surface area contributed by atoms with Crippen molar-refractivity contribution in [1.29, 1.82) is 0 Å². The van der Waals surface area contributed by atoms with Gasteiger partial charge in [-0.3, -0.25) is 0 Å². The van der Waals surface area contributed by atoms with Gasteiger partial charge in [0.05, 0.1) is 0 Å². The van der Waals surface area contributed by atoms with Crippen molar-refractivity contribution in [3.05, 3.63) is 11.9 Å². The van der Waals surface area contributed by atoms with Gasteiger partial charge in [-0.1, -0.05) is 6.92 Å². The van der Waals surface area contributed by atoms with Crippen molar-refractivity contribution >= 4 is 11.6 Å². The van der Waals surface area contributed by atoms with Crippen LogP contribution in [0.3, 0.4) is 0 Å². The molecular weight excluding hydrogens is 250 g/mol. The third-order valence-electron chi connectivity index (χ3n) is 5.44. The third kappa shape index (κ3) is 1.87. The number of hydrogen-bond donors (Lipinski definition) is 3. The summed E-state index contributed by atoms with van der Waals surface area (Å²) in [7, 11) is 0. The molecule has 4 rings (SSSR count). The van der Waals surface area contributed by atoms with Crippen molar-refractivity contribution in [2.75, 3.05) is 10.7 Å². The second-order valence-electron chi connectivity index (χ2n) is 6.61. The lowest BCUT2D eigenvalue weighted by Gasteiger charge is -2.13. The third-order valence-corrected chi connectivity index (χ3v) is 5.44. The predicted molar refractivity (Wildman–Crippen MR) is 79.1 cm³/mol. The molecule has 0 aromatic carbocycles. The molecule has 0 amide bonds. The van der Waals surface area contributed by atoms with E-state index in [-0.39, 0.29) is 0 Å². The summed E-state index contributed by atoms with van der Waals surface area (Å²) < 4.78 is 0. The number of nitrogen functional groups attached to an aromatic ring is 1. The highest BCUT2D eigenvalue weighted by molar-refractivity contribution is 5.49. The van der Waals surface area contributed by atoms with Gasteiger partial charge < -0.3 is 10.7 Å². The van der Waals surface area contributed by atoms with Gasteiger partial charge in [-0.05, 0) is 49.4 Å². The lowest BCUT2D eigenvalue weighted by molar-refractivity contribution is 0.456. The van der Waals surface area contributed by atoms with Gasteiger partial charge in [0.2, 0.25) is 0 Å². The van der Waals surface area contributed by atoms with Crippen molar-refractivity contribution in [3.63, 3.8) is 0 Å². The molecule has 20 heavy (non-hydrogen) atoms. The smallest absolute Gasteiger partial charge is 0.145 e. The number of nitrogens with one attached hydrogen (secondary N) is 2. The molecule has 0 aliphatic heterocycles. The Hall–Kier alpha value is -1.36. The molecule has 3 aliphatic rings. The van der Waals surface area contributed by atoms with Crippen LogP contribution in [0.2, 0.25) is 0 Å². The first-order valence-electron chi connectivity index (χ1n) is 7.91. The number of aromatic nitrogens is 2. The maximum Gasteiger partial charge on any atom is 0.145 e. The van der Waals surface area contributed by atoms with E-state index in [4.69, 9.17) is 5.84 Å². The van der Waals surface area contributed by atoms with Crippen LogP contribution >= 0.6 is 0 Å². The molecule has 4 atom stereocenters. The summed E-state index contributed by atoms with van der Waals surface area (Å²) in [5.41, 5.74) is 2.65. The van der Waals surface area contributed by atoms with Crippen LogP contribution in [0.25, 0.3) is 0 Å². The van der Waals surface area contributed by atoms with Gasteiger partial charge >= 0.3 is 0 Å². The molecule has 108 valence electrons. The number of hydrogen-bond acceptors (Lipinski definition) is 5. The van der Waals surface area contributed by atoms with Crippen molar-refractivity contribution in [2.45, 2.75) is 45.1 Å². The highest BCUT2D eigenvalue weighted by atomic mass is 15.3. The van der Waals surface area contributed by atoms with E-state index in [0.717, 1.165) is 48.2 Å². The molecule has 3 saturated carbocycles. The van der Waals surface area contributed by atoms with Crippen LogP contribution in [-0.4, -0.2) is 16.0 Å². The van der Waals surface area contributed by atoms with E-state index in [1.807, 2.05) is 6.07 Å². The molecule has 5 nitrogen and oxygen atoms in total. The summed E-state index contributed by atoms with van der Waals surface area (Å²) in [5.74, 6) is 11.8. The van der Waals surface area contributed by atoms with Gasteiger partial charge in [0.15, 0.2) is 0 Å². The monoisotopic (exact) mass is 273 g/mol. The van der Waals surface area contributed by atoms with Gasteiger partial charge in [0.1, 0.15) is 17.5 Å². The Morgan fingerprint density at radius 3 is 2.55 bits per heavy atom. The van der Waals surface area contributed by atoms with Gasteiger partial charge in [-0.2, -0.15) is 0 Å². The van der Waals surface area contributed by atoms with E-state index in [2.05, 4.69) is 27.6 Å². The van der Waals surface area contributed by atoms with Crippen molar-refractivity contribution in [2.24, 2.45) is 29.5 Å². The molecule has 0 saturated heterocycles. The second-order valence-corrected chi connectivity index (χ2v) is 6.61. The average Bonchev–Trinajstić information content (AvgIpc) is 2.85. The molecule has 3 aliphatic carbocycles. The molecule has 0 spiro atoms. The Labute approximate surface area is 119 Å². The summed E-state index contributed by atoms with van der Waals surface area (Å²) in [4.78, 5) is 9.03.